The number of nitrogens with one attached hydrogen (secondary N) is 1. The maximum absolute atomic E-state index is 12.2. The number of anilines is 1. The van der Waals surface area contributed by atoms with E-state index in [2.05, 4.69) is 15.5 Å². The number of halogens is 2. The molecule has 3 N–H and O–H groups in total. The van der Waals surface area contributed by atoms with Crippen LogP contribution in [0.15, 0.2) is 17.3 Å². The number of benzene rings is 1. The molecule has 0 bridgehead atoms. The van der Waals surface area contributed by atoms with E-state index in [9.17, 15) is 4.79 Å². The third kappa shape index (κ3) is 4.15. The fraction of sp³-hybridized carbons (Fsp3) is 0.400. The molecule has 0 unspecified atom stereocenters. The average molecular weight is 388 g/mol. The van der Waals surface area contributed by atoms with E-state index in [1.165, 1.54) is 16.4 Å². The molecule has 1 heterocycles. The molecule has 1 aromatic heterocycles. The van der Waals surface area contributed by atoms with Crippen LogP contribution in [-0.4, -0.2) is 26.5 Å². The van der Waals surface area contributed by atoms with E-state index in [1.807, 2.05) is 27.7 Å². The summed E-state index contributed by atoms with van der Waals surface area (Å²) < 4.78 is 1.41. The molecule has 1 amide bonds. The SMILES string of the molecule is Cc1ccc(Cl)c(NC(=O)CSc2nnc(C(C)(C)C)n2N)c1Cl. The first kappa shape index (κ1) is 18.9. The lowest BCUT2D eigenvalue weighted by Gasteiger charge is -2.16. The van der Waals surface area contributed by atoms with Gasteiger partial charge in [-0.15, -0.1) is 10.2 Å². The molecule has 0 atom stereocenters. The Morgan fingerprint density at radius 1 is 1.33 bits per heavy atom. The first-order chi connectivity index (χ1) is 11.1. The van der Waals surface area contributed by atoms with Crippen molar-refractivity contribution >= 4 is 46.6 Å². The summed E-state index contributed by atoms with van der Waals surface area (Å²) in [6, 6.07) is 3.48. The highest BCUT2D eigenvalue weighted by Gasteiger charge is 2.23. The summed E-state index contributed by atoms with van der Waals surface area (Å²) >= 11 is 13.5. The molecule has 0 radical (unpaired) electrons. The van der Waals surface area contributed by atoms with Gasteiger partial charge in [0.25, 0.3) is 0 Å². The molecule has 0 fully saturated rings. The van der Waals surface area contributed by atoms with Crippen molar-refractivity contribution in [2.75, 3.05) is 16.9 Å². The van der Waals surface area contributed by atoms with Crippen LogP contribution in [0.3, 0.4) is 0 Å². The van der Waals surface area contributed by atoms with Crippen LogP contribution in [0.25, 0.3) is 0 Å². The van der Waals surface area contributed by atoms with Gasteiger partial charge in [-0.25, -0.2) is 4.68 Å². The number of aromatic nitrogens is 3. The van der Waals surface area contributed by atoms with Crippen LogP contribution in [0, 0.1) is 6.92 Å². The number of rotatable bonds is 4. The summed E-state index contributed by atoms with van der Waals surface area (Å²) in [5.41, 5.74) is 1.01. The zero-order valence-electron chi connectivity index (χ0n) is 13.9. The number of carbonyl (C=O) groups excluding carboxylic acids is 1. The van der Waals surface area contributed by atoms with Gasteiger partial charge in [-0.2, -0.15) is 0 Å². The van der Waals surface area contributed by atoms with E-state index in [1.54, 1.807) is 12.1 Å². The summed E-state index contributed by atoms with van der Waals surface area (Å²) in [6.45, 7) is 7.81. The lowest BCUT2D eigenvalue weighted by atomic mass is 9.96. The van der Waals surface area contributed by atoms with E-state index in [0.717, 1.165) is 5.56 Å². The Hall–Kier alpha value is -1.44. The van der Waals surface area contributed by atoms with Crippen LogP contribution < -0.4 is 11.2 Å². The Morgan fingerprint density at radius 2 is 2.00 bits per heavy atom. The third-order valence-electron chi connectivity index (χ3n) is 3.22. The Labute approximate surface area is 155 Å². The van der Waals surface area contributed by atoms with Crippen LogP contribution in [0.2, 0.25) is 10.0 Å². The number of aryl methyl sites for hydroxylation is 1. The topological polar surface area (TPSA) is 85.8 Å². The van der Waals surface area contributed by atoms with Gasteiger partial charge in [-0.05, 0) is 18.6 Å². The molecule has 0 aliphatic heterocycles. The second kappa shape index (κ2) is 7.21. The van der Waals surface area contributed by atoms with E-state index in [-0.39, 0.29) is 17.1 Å². The van der Waals surface area contributed by atoms with E-state index >= 15 is 0 Å². The Kier molecular flexibility index (Phi) is 5.67. The van der Waals surface area contributed by atoms with Crippen molar-refractivity contribution in [3.63, 3.8) is 0 Å². The van der Waals surface area contributed by atoms with Crippen LogP contribution in [0.5, 0.6) is 0 Å². The first-order valence-corrected chi connectivity index (χ1v) is 8.93. The molecule has 130 valence electrons. The number of thioether (sulfide) groups is 1. The van der Waals surface area contributed by atoms with E-state index in [0.29, 0.717) is 26.7 Å². The van der Waals surface area contributed by atoms with E-state index in [4.69, 9.17) is 29.0 Å². The van der Waals surface area contributed by atoms with Crippen LogP contribution in [0.1, 0.15) is 32.2 Å². The van der Waals surface area contributed by atoms with Crippen molar-refractivity contribution in [1.29, 1.82) is 0 Å². The number of hydrogen-bond acceptors (Lipinski definition) is 5. The van der Waals surface area contributed by atoms with Crippen molar-refractivity contribution in [2.45, 2.75) is 38.3 Å². The second-order valence-corrected chi connectivity index (χ2v) is 8.04. The summed E-state index contributed by atoms with van der Waals surface area (Å²) in [4.78, 5) is 12.2. The van der Waals surface area contributed by atoms with Crippen molar-refractivity contribution < 1.29 is 4.79 Å². The maximum atomic E-state index is 12.2. The minimum Gasteiger partial charge on any atom is -0.336 e. The van der Waals surface area contributed by atoms with Gasteiger partial charge in [0.2, 0.25) is 11.1 Å². The highest BCUT2D eigenvalue weighted by Crippen LogP contribution is 2.33. The van der Waals surface area contributed by atoms with Crippen LogP contribution >= 0.6 is 35.0 Å². The lowest BCUT2D eigenvalue weighted by molar-refractivity contribution is -0.113. The van der Waals surface area contributed by atoms with Gasteiger partial charge in [-0.3, -0.25) is 4.79 Å². The molecule has 0 aliphatic rings. The average Bonchev–Trinajstić information content (AvgIpc) is 2.86. The molecule has 6 nitrogen and oxygen atoms in total. The predicted molar refractivity (Wildman–Crippen MR) is 99.4 cm³/mol. The normalized spacial score (nSPS) is 11.6. The second-order valence-electron chi connectivity index (χ2n) is 6.32. The quantitative estimate of drug-likeness (QED) is 0.617. The minimum absolute atomic E-state index is 0.111. The van der Waals surface area contributed by atoms with E-state index < -0.39 is 0 Å². The van der Waals surface area contributed by atoms with Crippen molar-refractivity contribution in [3.05, 3.63) is 33.6 Å². The molecule has 0 spiro atoms. The summed E-state index contributed by atoms with van der Waals surface area (Å²) in [5.74, 6) is 6.50. The van der Waals surface area contributed by atoms with Gasteiger partial charge in [0.1, 0.15) is 0 Å². The zero-order valence-corrected chi connectivity index (χ0v) is 16.2. The molecule has 2 rings (SSSR count). The van der Waals surface area contributed by atoms with Crippen molar-refractivity contribution in [1.82, 2.24) is 14.9 Å². The zero-order chi connectivity index (χ0) is 18.1. The number of nitrogens with two attached hydrogens (primary N) is 1. The highest BCUT2D eigenvalue weighted by atomic mass is 35.5. The van der Waals surface area contributed by atoms with Gasteiger partial charge >= 0.3 is 0 Å². The molecule has 0 saturated heterocycles. The lowest BCUT2D eigenvalue weighted by Crippen LogP contribution is -2.24. The molecule has 0 aliphatic carbocycles. The first-order valence-electron chi connectivity index (χ1n) is 7.19. The molecule has 0 saturated carbocycles. The number of carbonyl (C=O) groups is 1. The molecule has 1 aromatic carbocycles. The number of amides is 1. The Balaban J connectivity index is 2.05. The minimum atomic E-state index is -0.255. The fourth-order valence-corrected chi connectivity index (χ4v) is 3.09. The Morgan fingerprint density at radius 3 is 2.58 bits per heavy atom. The van der Waals surface area contributed by atoms with Crippen molar-refractivity contribution in [2.24, 2.45) is 0 Å². The van der Waals surface area contributed by atoms with Crippen LogP contribution in [-0.2, 0) is 10.2 Å². The van der Waals surface area contributed by atoms with Gasteiger partial charge in [0.05, 0.1) is 21.5 Å². The number of nitrogens with zero attached hydrogens (tertiary/aromatic N) is 3. The largest absolute Gasteiger partial charge is 0.336 e. The summed E-state index contributed by atoms with van der Waals surface area (Å²) in [6.07, 6.45) is 0. The monoisotopic (exact) mass is 387 g/mol. The Bertz CT molecular complexity index is 770. The van der Waals surface area contributed by atoms with Gasteiger partial charge in [0, 0.05) is 5.41 Å². The molecule has 2 aromatic rings. The number of hydrogen-bond donors (Lipinski definition) is 2. The standard InChI is InChI=1S/C15H19Cl2N5OS/c1-8-5-6-9(16)12(11(8)17)19-10(23)7-24-14-21-20-13(22(14)18)15(2,3)4/h5-6H,7,18H2,1-4H3,(H,19,23). The third-order valence-corrected chi connectivity index (χ3v) is 4.96. The maximum Gasteiger partial charge on any atom is 0.234 e. The van der Waals surface area contributed by atoms with Gasteiger partial charge in [-0.1, -0.05) is 61.8 Å². The smallest absolute Gasteiger partial charge is 0.234 e. The summed E-state index contributed by atoms with van der Waals surface area (Å²) in [7, 11) is 0. The fourth-order valence-electron chi connectivity index (χ4n) is 1.96. The van der Waals surface area contributed by atoms with Gasteiger partial charge in [0.15, 0.2) is 5.82 Å². The number of nitrogen functional groups attached to an aromatic ring is 1. The predicted octanol–water partition coefficient (Wildman–Crippen LogP) is 3.64. The molecule has 24 heavy (non-hydrogen) atoms. The molecular formula is C15H19Cl2N5OS. The van der Waals surface area contributed by atoms with Crippen LogP contribution in [0.4, 0.5) is 5.69 Å². The molecular weight excluding hydrogens is 369 g/mol. The van der Waals surface area contributed by atoms with Crippen molar-refractivity contribution in [3.8, 4) is 0 Å². The molecule has 9 heteroatoms. The highest BCUT2D eigenvalue weighted by molar-refractivity contribution is 7.99. The summed E-state index contributed by atoms with van der Waals surface area (Å²) in [5, 5.41) is 12.1. The van der Waals surface area contributed by atoms with Gasteiger partial charge < -0.3 is 11.2 Å².